The van der Waals surface area contributed by atoms with Crippen molar-refractivity contribution in [2.75, 3.05) is 0 Å². The molecule has 2 aliphatic rings. The quantitative estimate of drug-likeness (QED) is 0.905. The molecule has 21 heavy (non-hydrogen) atoms. The van der Waals surface area contributed by atoms with Gasteiger partial charge in [-0.1, -0.05) is 18.2 Å². The number of carbonyl (C=O) groups is 2. The number of hydrogen-bond donors (Lipinski definition) is 1. The molecule has 4 nitrogen and oxygen atoms in total. The second kappa shape index (κ2) is 5.17. The number of hydrogen-bond acceptors (Lipinski definition) is 2. The molecule has 1 aromatic rings. The minimum absolute atomic E-state index is 0.0307. The lowest BCUT2D eigenvalue weighted by Crippen LogP contribution is -2.34. The molecule has 0 aromatic heterocycles. The number of aryl methyl sites for hydroxylation is 2. The van der Waals surface area contributed by atoms with Crippen LogP contribution in [0, 0.1) is 25.7 Å². The molecule has 2 atom stereocenters. The summed E-state index contributed by atoms with van der Waals surface area (Å²) in [4.78, 5) is 25.4. The van der Waals surface area contributed by atoms with Crippen LogP contribution in [0.2, 0.25) is 0 Å². The summed E-state index contributed by atoms with van der Waals surface area (Å²) in [7, 11) is 0. The number of carboxylic acid groups (broad SMARTS) is 1. The third kappa shape index (κ3) is 2.94. The van der Waals surface area contributed by atoms with Crippen molar-refractivity contribution >= 4 is 11.9 Å². The Kier molecular flexibility index (Phi) is 3.47. The lowest BCUT2D eigenvalue weighted by molar-refractivity contribution is -0.142. The average Bonchev–Trinajstić information content (AvgIpc) is 3.30. The molecule has 3 rings (SSSR count). The van der Waals surface area contributed by atoms with Gasteiger partial charge in [0.25, 0.3) is 0 Å². The fourth-order valence-electron chi connectivity index (χ4n) is 2.83. The first kappa shape index (κ1) is 14.1. The molecule has 4 heteroatoms. The Morgan fingerprint density at radius 3 is 2.43 bits per heavy atom. The van der Waals surface area contributed by atoms with Crippen LogP contribution in [0.15, 0.2) is 18.2 Å². The highest BCUT2D eigenvalue weighted by Gasteiger charge is 2.51. The van der Waals surface area contributed by atoms with E-state index in [0.717, 1.165) is 18.4 Å². The summed E-state index contributed by atoms with van der Waals surface area (Å²) in [6.45, 7) is 4.75. The molecule has 1 N–H and O–H groups in total. The Hall–Kier alpha value is -1.84. The van der Waals surface area contributed by atoms with Gasteiger partial charge < -0.3 is 10.0 Å². The maximum Gasteiger partial charge on any atom is 0.307 e. The van der Waals surface area contributed by atoms with Crippen LogP contribution in [0.25, 0.3) is 0 Å². The van der Waals surface area contributed by atoms with Crippen LogP contribution in [0.4, 0.5) is 0 Å². The molecule has 0 saturated heterocycles. The van der Waals surface area contributed by atoms with E-state index in [-0.39, 0.29) is 11.8 Å². The lowest BCUT2D eigenvalue weighted by Gasteiger charge is -2.23. The smallest absolute Gasteiger partial charge is 0.307 e. The van der Waals surface area contributed by atoms with Gasteiger partial charge in [-0.15, -0.1) is 0 Å². The third-order valence-corrected chi connectivity index (χ3v) is 4.62. The molecule has 0 heterocycles. The van der Waals surface area contributed by atoms with Crippen molar-refractivity contribution in [2.45, 2.75) is 45.7 Å². The normalized spacial score (nSPS) is 23.7. The minimum atomic E-state index is -0.838. The van der Waals surface area contributed by atoms with E-state index in [9.17, 15) is 9.59 Å². The summed E-state index contributed by atoms with van der Waals surface area (Å²) in [6, 6.07) is 6.58. The van der Waals surface area contributed by atoms with Gasteiger partial charge in [0.15, 0.2) is 0 Å². The van der Waals surface area contributed by atoms with Gasteiger partial charge in [-0.05, 0) is 49.8 Å². The topological polar surface area (TPSA) is 57.6 Å². The predicted octanol–water partition coefficient (Wildman–Crippen LogP) is 2.52. The van der Waals surface area contributed by atoms with Crippen molar-refractivity contribution in [3.8, 4) is 0 Å². The van der Waals surface area contributed by atoms with Crippen molar-refractivity contribution in [1.82, 2.24) is 4.90 Å². The predicted molar refractivity (Wildman–Crippen MR) is 78.7 cm³/mol. The second-order valence-electron chi connectivity index (χ2n) is 6.40. The number of aliphatic carboxylic acids is 1. The number of carboxylic acids is 1. The molecule has 112 valence electrons. The molecule has 2 saturated carbocycles. The highest BCUT2D eigenvalue weighted by atomic mass is 16.4. The van der Waals surface area contributed by atoms with E-state index in [4.69, 9.17) is 5.11 Å². The average molecular weight is 287 g/mol. The maximum atomic E-state index is 12.5. The van der Waals surface area contributed by atoms with E-state index in [1.165, 1.54) is 11.1 Å². The molecule has 0 bridgehead atoms. The first-order chi connectivity index (χ1) is 9.97. The number of nitrogens with zero attached hydrogens (tertiary/aromatic N) is 1. The van der Waals surface area contributed by atoms with Crippen LogP contribution in [0.1, 0.15) is 36.0 Å². The number of rotatable bonds is 5. The zero-order valence-electron chi connectivity index (χ0n) is 12.5. The zero-order chi connectivity index (χ0) is 15.1. The number of carbonyl (C=O) groups excluding carboxylic acids is 1. The van der Waals surface area contributed by atoms with Gasteiger partial charge in [-0.3, -0.25) is 9.59 Å². The van der Waals surface area contributed by atoms with E-state index < -0.39 is 11.9 Å². The minimum Gasteiger partial charge on any atom is -0.481 e. The standard InChI is InChI=1S/C17H21NO3/c1-10-3-4-12(7-11(10)2)9-18(13-5-6-13)16(19)14-8-15(14)17(20)21/h3-4,7,13-15H,5-6,8-9H2,1-2H3,(H,20,21). The number of amides is 1. The molecule has 2 fully saturated rings. The van der Waals surface area contributed by atoms with Gasteiger partial charge in [-0.2, -0.15) is 0 Å². The Balaban J connectivity index is 1.72. The van der Waals surface area contributed by atoms with Crippen molar-refractivity contribution in [2.24, 2.45) is 11.8 Å². The largest absolute Gasteiger partial charge is 0.481 e. The van der Waals surface area contributed by atoms with Crippen molar-refractivity contribution in [1.29, 1.82) is 0 Å². The van der Waals surface area contributed by atoms with E-state index in [1.807, 2.05) is 4.90 Å². The van der Waals surface area contributed by atoms with E-state index >= 15 is 0 Å². The van der Waals surface area contributed by atoms with Crippen molar-refractivity contribution in [3.05, 3.63) is 34.9 Å². The Morgan fingerprint density at radius 2 is 1.90 bits per heavy atom. The Bertz CT molecular complexity index is 592. The van der Waals surface area contributed by atoms with Gasteiger partial charge in [-0.25, -0.2) is 0 Å². The first-order valence-electron chi connectivity index (χ1n) is 7.57. The summed E-state index contributed by atoms with van der Waals surface area (Å²) >= 11 is 0. The Labute approximate surface area is 124 Å². The van der Waals surface area contributed by atoms with Crippen LogP contribution in [0.5, 0.6) is 0 Å². The van der Waals surface area contributed by atoms with Gasteiger partial charge in [0.2, 0.25) is 5.91 Å². The van der Waals surface area contributed by atoms with Gasteiger partial charge in [0.05, 0.1) is 11.8 Å². The van der Waals surface area contributed by atoms with Crippen LogP contribution in [-0.2, 0) is 16.1 Å². The van der Waals surface area contributed by atoms with E-state index in [2.05, 4.69) is 32.0 Å². The van der Waals surface area contributed by atoms with Crippen LogP contribution >= 0.6 is 0 Å². The molecule has 0 radical (unpaired) electrons. The summed E-state index contributed by atoms with van der Waals surface area (Å²) in [6.07, 6.45) is 2.59. The van der Waals surface area contributed by atoms with Gasteiger partial charge >= 0.3 is 5.97 Å². The highest BCUT2D eigenvalue weighted by Crippen LogP contribution is 2.42. The highest BCUT2D eigenvalue weighted by molar-refractivity contribution is 5.89. The van der Waals surface area contributed by atoms with Crippen molar-refractivity contribution < 1.29 is 14.7 Å². The summed E-state index contributed by atoms with van der Waals surface area (Å²) < 4.78 is 0. The third-order valence-electron chi connectivity index (χ3n) is 4.62. The summed E-state index contributed by atoms with van der Waals surface area (Å²) in [5.74, 6) is -1.56. The van der Waals surface area contributed by atoms with Crippen LogP contribution in [-0.4, -0.2) is 27.9 Å². The molecule has 0 spiro atoms. The molecular weight excluding hydrogens is 266 g/mol. The molecule has 2 unspecified atom stereocenters. The van der Waals surface area contributed by atoms with E-state index in [1.54, 1.807) is 0 Å². The summed E-state index contributed by atoms with van der Waals surface area (Å²) in [5.41, 5.74) is 3.60. The molecular formula is C17H21NO3. The van der Waals surface area contributed by atoms with Crippen LogP contribution in [0.3, 0.4) is 0 Å². The molecule has 1 aromatic carbocycles. The maximum absolute atomic E-state index is 12.5. The van der Waals surface area contributed by atoms with Gasteiger partial charge in [0.1, 0.15) is 0 Å². The number of benzene rings is 1. The Morgan fingerprint density at radius 1 is 1.19 bits per heavy atom. The van der Waals surface area contributed by atoms with Gasteiger partial charge in [0, 0.05) is 12.6 Å². The molecule has 1 amide bonds. The molecule has 2 aliphatic carbocycles. The fraction of sp³-hybridized carbons (Fsp3) is 0.529. The van der Waals surface area contributed by atoms with Crippen molar-refractivity contribution in [3.63, 3.8) is 0 Å². The van der Waals surface area contributed by atoms with Crippen LogP contribution < -0.4 is 0 Å². The van der Waals surface area contributed by atoms with E-state index in [0.29, 0.717) is 19.0 Å². The summed E-state index contributed by atoms with van der Waals surface area (Å²) in [5, 5.41) is 8.99. The SMILES string of the molecule is Cc1ccc(CN(C(=O)C2CC2C(=O)O)C2CC2)cc1C. The first-order valence-corrected chi connectivity index (χ1v) is 7.57. The molecule has 0 aliphatic heterocycles. The second-order valence-corrected chi connectivity index (χ2v) is 6.40. The fourth-order valence-corrected chi connectivity index (χ4v) is 2.83. The monoisotopic (exact) mass is 287 g/mol. The zero-order valence-corrected chi connectivity index (χ0v) is 12.5. The lowest BCUT2D eigenvalue weighted by atomic mass is 10.1.